The maximum atomic E-state index is 12.4. The number of imidazole rings is 1. The molecule has 0 aliphatic carbocycles. The van der Waals surface area contributed by atoms with E-state index < -0.39 is 18.4 Å². The Balaban J connectivity index is 1.25. The van der Waals surface area contributed by atoms with Gasteiger partial charge in [0.15, 0.2) is 11.5 Å². The second-order valence-corrected chi connectivity index (χ2v) is 7.94. The van der Waals surface area contributed by atoms with Crippen LogP contribution in [-0.2, 0) is 9.53 Å². The van der Waals surface area contributed by atoms with Crippen molar-refractivity contribution in [2.45, 2.75) is 24.9 Å². The van der Waals surface area contributed by atoms with Gasteiger partial charge in [-0.25, -0.2) is 24.9 Å². The predicted molar refractivity (Wildman–Crippen MR) is 126 cm³/mol. The third-order valence-electron chi connectivity index (χ3n) is 5.71. The fourth-order valence-corrected chi connectivity index (χ4v) is 4.02. The van der Waals surface area contributed by atoms with E-state index in [4.69, 9.17) is 10.5 Å². The number of carbonyl (C=O) groups excluding carboxylic acids is 1. The van der Waals surface area contributed by atoms with Gasteiger partial charge in [0, 0.05) is 37.3 Å². The Morgan fingerprint density at radius 2 is 2.11 bits per heavy atom. The summed E-state index contributed by atoms with van der Waals surface area (Å²) in [7, 11) is 0. The number of ether oxygens (including phenoxy) is 1. The molecule has 4 aromatic rings. The van der Waals surface area contributed by atoms with Crippen LogP contribution in [0.1, 0.15) is 18.2 Å². The number of hydrogen-bond acceptors (Lipinski definition) is 11. The van der Waals surface area contributed by atoms with E-state index in [0.29, 0.717) is 46.7 Å². The van der Waals surface area contributed by atoms with Crippen LogP contribution in [0.5, 0.6) is 0 Å². The van der Waals surface area contributed by atoms with Crippen molar-refractivity contribution < 1.29 is 19.7 Å². The number of fused-ring (bicyclic) bond motifs is 2. The zero-order valence-corrected chi connectivity index (χ0v) is 18.5. The molecule has 4 aromatic heterocycles. The Kier molecular flexibility index (Phi) is 6.22. The normalized spacial score (nSPS) is 20.2. The summed E-state index contributed by atoms with van der Waals surface area (Å²) in [5.74, 6) is 0.528. The second kappa shape index (κ2) is 9.61. The highest BCUT2D eigenvalue weighted by Gasteiger charge is 2.35. The average molecular weight is 480 g/mol. The molecule has 1 aliphatic heterocycles. The van der Waals surface area contributed by atoms with Crippen molar-refractivity contribution in [3.8, 4) is 0 Å². The van der Waals surface area contributed by atoms with Crippen molar-refractivity contribution >= 4 is 45.8 Å². The molecule has 14 nitrogen and oxygen atoms in total. The van der Waals surface area contributed by atoms with Gasteiger partial charge in [0.1, 0.15) is 42.0 Å². The number of aromatic amines is 1. The number of H-pyrrole nitrogens is 1. The molecule has 0 aromatic carbocycles. The van der Waals surface area contributed by atoms with E-state index in [1.165, 1.54) is 25.1 Å². The van der Waals surface area contributed by atoms with Gasteiger partial charge in [-0.05, 0) is 6.08 Å². The number of amides is 1. The van der Waals surface area contributed by atoms with Crippen molar-refractivity contribution in [3.05, 3.63) is 36.8 Å². The predicted octanol–water partition coefficient (Wildman–Crippen LogP) is -0.438. The molecule has 3 atom stereocenters. The molecule has 0 bridgehead atoms. The number of aliphatic hydroxyl groups excluding tert-OH is 2. The van der Waals surface area contributed by atoms with E-state index in [9.17, 15) is 15.0 Å². The summed E-state index contributed by atoms with van der Waals surface area (Å²) in [5, 5.41) is 26.0. The molecule has 1 saturated heterocycles. The first kappa shape index (κ1) is 22.6. The number of anilines is 2. The summed E-state index contributed by atoms with van der Waals surface area (Å²) >= 11 is 0. The fraction of sp³-hybridized carbons (Fsp3) is 0.333. The highest BCUT2D eigenvalue weighted by molar-refractivity contribution is 5.99. The molecule has 182 valence electrons. The lowest BCUT2D eigenvalue weighted by Gasteiger charge is -2.14. The lowest BCUT2D eigenvalue weighted by atomic mass is 10.2. The number of rotatable bonds is 8. The Hall–Kier alpha value is -4.14. The monoisotopic (exact) mass is 480 g/mol. The Morgan fingerprint density at radius 3 is 2.94 bits per heavy atom. The van der Waals surface area contributed by atoms with E-state index >= 15 is 0 Å². The average Bonchev–Trinajstić information content (AvgIpc) is 3.57. The number of nitrogen functional groups attached to an aromatic ring is 1. The number of aliphatic hydroxyl groups is 2. The van der Waals surface area contributed by atoms with Crippen molar-refractivity contribution in [1.29, 1.82) is 0 Å². The molecular weight excluding hydrogens is 456 g/mol. The Labute approximate surface area is 198 Å². The van der Waals surface area contributed by atoms with Crippen molar-refractivity contribution in [3.63, 3.8) is 0 Å². The zero-order chi connectivity index (χ0) is 24.4. The maximum Gasteiger partial charge on any atom is 0.244 e. The largest absolute Gasteiger partial charge is 0.394 e. The minimum atomic E-state index is -0.800. The number of nitrogens with one attached hydrogen (secondary N) is 3. The van der Waals surface area contributed by atoms with Crippen LogP contribution in [0.15, 0.2) is 31.3 Å². The Bertz CT molecular complexity index is 1380. The second-order valence-electron chi connectivity index (χ2n) is 7.94. The van der Waals surface area contributed by atoms with Crippen molar-refractivity contribution in [2.24, 2.45) is 0 Å². The molecule has 5 rings (SSSR count). The molecule has 0 spiro atoms. The summed E-state index contributed by atoms with van der Waals surface area (Å²) in [5.41, 5.74) is 8.47. The maximum absolute atomic E-state index is 12.4. The van der Waals surface area contributed by atoms with Gasteiger partial charge < -0.3 is 40.9 Å². The molecule has 0 saturated carbocycles. The van der Waals surface area contributed by atoms with Crippen molar-refractivity contribution in [2.75, 3.05) is 30.7 Å². The standard InChI is InChI=1S/C21H24N10O4/c22-18-16-11(6-31(21(16)30-9-26-18)15-5-12(33)13(7-32)35-15)1-2-14(34)23-3-4-24-19-17-20(27-8-25-17)29-10-28-19/h1-2,6,8-10,12-13,15,32-33H,3-5,7H2,(H,23,34)(H2,22,26,30)(H2,24,25,27,28,29)/b2-1+/t12?,13-,15-/m1/s1. The van der Waals surface area contributed by atoms with Gasteiger partial charge in [-0.15, -0.1) is 0 Å². The summed E-state index contributed by atoms with van der Waals surface area (Å²) in [4.78, 5) is 36.1. The minimum Gasteiger partial charge on any atom is -0.394 e. The van der Waals surface area contributed by atoms with E-state index in [1.807, 2.05) is 0 Å². The Morgan fingerprint density at radius 1 is 1.26 bits per heavy atom. The number of carbonyl (C=O) groups is 1. The van der Waals surface area contributed by atoms with Gasteiger partial charge in [-0.3, -0.25) is 4.79 Å². The molecule has 1 unspecified atom stereocenters. The smallest absolute Gasteiger partial charge is 0.244 e. The number of nitrogens with two attached hydrogens (primary N) is 1. The third kappa shape index (κ3) is 4.49. The first-order chi connectivity index (χ1) is 17.0. The third-order valence-corrected chi connectivity index (χ3v) is 5.71. The zero-order valence-electron chi connectivity index (χ0n) is 18.5. The van der Waals surface area contributed by atoms with Crippen LogP contribution in [0.3, 0.4) is 0 Å². The van der Waals surface area contributed by atoms with Crippen LogP contribution in [0, 0.1) is 0 Å². The highest BCUT2D eigenvalue weighted by atomic mass is 16.5. The van der Waals surface area contributed by atoms with Crippen LogP contribution >= 0.6 is 0 Å². The van der Waals surface area contributed by atoms with E-state index in [-0.39, 0.29) is 24.8 Å². The van der Waals surface area contributed by atoms with Gasteiger partial charge in [0.05, 0.1) is 24.4 Å². The molecular formula is C21H24N10O4. The summed E-state index contributed by atoms with van der Waals surface area (Å²) < 4.78 is 7.48. The topological polar surface area (TPSA) is 202 Å². The molecule has 7 N–H and O–H groups in total. The minimum absolute atomic E-state index is 0.254. The van der Waals surface area contributed by atoms with E-state index in [2.05, 4.69) is 40.5 Å². The highest BCUT2D eigenvalue weighted by Crippen LogP contribution is 2.34. The molecule has 14 heteroatoms. The van der Waals surface area contributed by atoms with Crippen LogP contribution in [0.4, 0.5) is 11.6 Å². The summed E-state index contributed by atoms with van der Waals surface area (Å²) in [6.45, 7) is 0.494. The molecule has 35 heavy (non-hydrogen) atoms. The fourth-order valence-electron chi connectivity index (χ4n) is 4.02. The summed E-state index contributed by atoms with van der Waals surface area (Å²) in [6.07, 6.45) is 7.32. The number of hydrogen-bond donors (Lipinski definition) is 6. The van der Waals surface area contributed by atoms with Gasteiger partial charge in [0.2, 0.25) is 5.91 Å². The number of aromatic nitrogens is 7. The first-order valence-corrected chi connectivity index (χ1v) is 10.9. The van der Waals surface area contributed by atoms with Crippen LogP contribution in [-0.4, -0.2) is 82.5 Å². The molecule has 1 amide bonds. The van der Waals surface area contributed by atoms with Gasteiger partial charge in [0.25, 0.3) is 0 Å². The molecule has 1 aliphatic rings. The molecule has 1 fully saturated rings. The molecule has 0 radical (unpaired) electrons. The van der Waals surface area contributed by atoms with Crippen LogP contribution < -0.4 is 16.4 Å². The van der Waals surface area contributed by atoms with Crippen molar-refractivity contribution in [1.82, 2.24) is 39.8 Å². The van der Waals surface area contributed by atoms with Gasteiger partial charge in [-0.2, -0.15) is 0 Å². The first-order valence-electron chi connectivity index (χ1n) is 10.9. The number of nitrogens with zero attached hydrogens (tertiary/aromatic N) is 6. The van der Waals surface area contributed by atoms with Gasteiger partial charge >= 0.3 is 0 Å². The van der Waals surface area contributed by atoms with Crippen LogP contribution in [0.25, 0.3) is 28.3 Å². The lowest BCUT2D eigenvalue weighted by Crippen LogP contribution is -2.27. The lowest BCUT2D eigenvalue weighted by molar-refractivity contribution is -0.116. The quantitative estimate of drug-likeness (QED) is 0.141. The van der Waals surface area contributed by atoms with E-state index in [1.54, 1.807) is 16.8 Å². The van der Waals surface area contributed by atoms with Gasteiger partial charge in [-0.1, -0.05) is 0 Å². The van der Waals surface area contributed by atoms with E-state index in [0.717, 1.165) is 0 Å². The SMILES string of the molecule is Nc1ncnc2c1c(/C=C/C(=O)NCCNc1ncnc3[nH]cnc13)cn2[C@H]1CC(O)[C@@H](CO)O1. The molecule has 5 heterocycles. The summed E-state index contributed by atoms with van der Waals surface area (Å²) in [6, 6.07) is 0. The van der Waals surface area contributed by atoms with Crippen LogP contribution in [0.2, 0.25) is 0 Å².